The number of aryl methyl sites for hydroxylation is 2. The van der Waals surface area contributed by atoms with Gasteiger partial charge >= 0.3 is 0 Å². The van der Waals surface area contributed by atoms with Gasteiger partial charge in [0.15, 0.2) is 0 Å². The fourth-order valence-corrected chi connectivity index (χ4v) is 1.14. The maximum Gasteiger partial charge on any atom is 0.101 e. The van der Waals surface area contributed by atoms with Crippen molar-refractivity contribution < 1.29 is 0 Å². The molecule has 3 N–H and O–H groups in total. The average Bonchev–Trinajstić information content (AvgIpc) is 2.13. The van der Waals surface area contributed by atoms with E-state index in [0.717, 1.165) is 12.2 Å². The highest BCUT2D eigenvalue weighted by molar-refractivity contribution is 5.37. The highest BCUT2D eigenvalue weighted by Crippen LogP contribution is 2.12. The summed E-state index contributed by atoms with van der Waals surface area (Å²) in [7, 11) is 0. The van der Waals surface area contributed by atoms with Crippen molar-refractivity contribution in [3.8, 4) is 0 Å². The van der Waals surface area contributed by atoms with Gasteiger partial charge in [-0.15, -0.1) is 0 Å². The monoisotopic (exact) mass is 138 g/mol. The molecule has 0 saturated carbocycles. The number of aromatic amines is 1. The summed E-state index contributed by atoms with van der Waals surface area (Å²) >= 11 is 0. The Bertz CT molecular complexity index is 213. The van der Waals surface area contributed by atoms with E-state index in [-0.39, 0.29) is 0 Å². The maximum absolute atomic E-state index is 5.55. The smallest absolute Gasteiger partial charge is 0.101 e. The molecule has 1 aromatic rings. The molecule has 0 aromatic carbocycles. The third-order valence-electron chi connectivity index (χ3n) is 1.64. The lowest BCUT2D eigenvalue weighted by atomic mass is 10.2. The van der Waals surface area contributed by atoms with Gasteiger partial charge in [0.25, 0.3) is 0 Å². The number of hydrogen-bond acceptors (Lipinski definition) is 1. The van der Waals surface area contributed by atoms with Gasteiger partial charge in [0.2, 0.25) is 0 Å². The highest BCUT2D eigenvalue weighted by atomic mass is 14.8. The first-order chi connectivity index (χ1) is 4.74. The van der Waals surface area contributed by atoms with Crippen LogP contribution < -0.4 is 5.73 Å². The summed E-state index contributed by atoms with van der Waals surface area (Å²) < 4.78 is 0. The van der Waals surface area contributed by atoms with Crippen LogP contribution in [0.4, 0.5) is 5.82 Å². The lowest BCUT2D eigenvalue weighted by molar-refractivity contribution is 0.885. The first-order valence-corrected chi connectivity index (χ1v) is 3.68. The second-order valence-electron chi connectivity index (χ2n) is 2.64. The van der Waals surface area contributed by atoms with Gasteiger partial charge in [-0.2, -0.15) is 0 Å². The zero-order chi connectivity index (χ0) is 7.56. The molecule has 0 spiro atoms. The second kappa shape index (κ2) is 2.78. The van der Waals surface area contributed by atoms with Crippen molar-refractivity contribution in [1.82, 2.24) is 4.98 Å². The van der Waals surface area contributed by atoms with Crippen molar-refractivity contribution in [1.29, 1.82) is 0 Å². The van der Waals surface area contributed by atoms with Crippen LogP contribution in [0.15, 0.2) is 6.07 Å². The number of H-pyrrole nitrogens is 1. The number of aromatic nitrogens is 1. The summed E-state index contributed by atoms with van der Waals surface area (Å²) in [5.41, 5.74) is 8.11. The average molecular weight is 138 g/mol. The Morgan fingerprint density at radius 2 is 2.30 bits per heavy atom. The lowest BCUT2D eigenvalue weighted by Crippen LogP contribution is -1.87. The molecule has 0 amide bonds. The molecule has 2 heteroatoms. The Kier molecular flexibility index (Phi) is 2.00. The number of nitrogens with one attached hydrogen (secondary N) is 1. The molecule has 56 valence electrons. The Morgan fingerprint density at radius 3 is 2.70 bits per heavy atom. The SMILES string of the molecule is CCCc1[nH]c(N)cc1C. The zero-order valence-electron chi connectivity index (χ0n) is 6.57. The van der Waals surface area contributed by atoms with Gasteiger partial charge in [-0.25, -0.2) is 0 Å². The van der Waals surface area contributed by atoms with Gasteiger partial charge in [0.05, 0.1) is 0 Å². The molecule has 0 fully saturated rings. The minimum Gasteiger partial charge on any atom is -0.385 e. The van der Waals surface area contributed by atoms with Gasteiger partial charge in [0, 0.05) is 5.69 Å². The lowest BCUT2D eigenvalue weighted by Gasteiger charge is -1.93. The summed E-state index contributed by atoms with van der Waals surface area (Å²) in [6.07, 6.45) is 2.27. The van der Waals surface area contributed by atoms with Gasteiger partial charge in [-0.05, 0) is 25.0 Å². The fraction of sp³-hybridized carbons (Fsp3) is 0.500. The molecule has 2 nitrogen and oxygen atoms in total. The molecule has 0 atom stereocenters. The molecule has 0 aliphatic carbocycles. The molecule has 1 rings (SSSR count). The molecule has 0 bridgehead atoms. The second-order valence-corrected chi connectivity index (χ2v) is 2.64. The molecule has 1 aromatic heterocycles. The van der Waals surface area contributed by atoms with Crippen molar-refractivity contribution in [3.05, 3.63) is 17.3 Å². The van der Waals surface area contributed by atoms with Crippen molar-refractivity contribution in [2.45, 2.75) is 26.7 Å². The number of hydrogen-bond donors (Lipinski definition) is 2. The van der Waals surface area contributed by atoms with Crippen LogP contribution in [0.2, 0.25) is 0 Å². The maximum atomic E-state index is 5.55. The Balaban J connectivity index is 2.81. The molecule has 0 radical (unpaired) electrons. The van der Waals surface area contributed by atoms with Gasteiger partial charge < -0.3 is 10.7 Å². The predicted octanol–water partition coefficient (Wildman–Crippen LogP) is 1.86. The third-order valence-corrected chi connectivity index (χ3v) is 1.64. The van der Waals surface area contributed by atoms with Crippen molar-refractivity contribution >= 4 is 5.82 Å². The van der Waals surface area contributed by atoms with Crippen LogP contribution in [0.5, 0.6) is 0 Å². The molecule has 10 heavy (non-hydrogen) atoms. The van der Waals surface area contributed by atoms with E-state index in [4.69, 9.17) is 5.73 Å². The van der Waals surface area contributed by atoms with E-state index in [0.29, 0.717) is 0 Å². The van der Waals surface area contributed by atoms with E-state index in [2.05, 4.69) is 18.8 Å². The molecule has 0 aliphatic rings. The van der Waals surface area contributed by atoms with Crippen LogP contribution in [0.3, 0.4) is 0 Å². The van der Waals surface area contributed by atoms with E-state index < -0.39 is 0 Å². The molecule has 0 saturated heterocycles. The first-order valence-electron chi connectivity index (χ1n) is 3.68. The number of rotatable bonds is 2. The van der Waals surface area contributed by atoms with Crippen molar-refractivity contribution in [3.63, 3.8) is 0 Å². The molecule has 0 unspecified atom stereocenters. The standard InChI is InChI=1S/C8H14N2/c1-3-4-7-6(2)5-8(9)10-7/h5,10H,3-4,9H2,1-2H3. The summed E-state index contributed by atoms with van der Waals surface area (Å²) in [4.78, 5) is 3.12. The van der Waals surface area contributed by atoms with Crippen LogP contribution in [0.25, 0.3) is 0 Å². The zero-order valence-corrected chi connectivity index (χ0v) is 6.57. The van der Waals surface area contributed by atoms with Crippen LogP contribution in [-0.4, -0.2) is 4.98 Å². The summed E-state index contributed by atoms with van der Waals surface area (Å²) in [6, 6.07) is 1.98. The predicted molar refractivity (Wildman–Crippen MR) is 43.9 cm³/mol. The van der Waals surface area contributed by atoms with E-state index >= 15 is 0 Å². The van der Waals surface area contributed by atoms with E-state index in [1.54, 1.807) is 0 Å². The van der Waals surface area contributed by atoms with Crippen LogP contribution in [0.1, 0.15) is 24.6 Å². The highest BCUT2D eigenvalue weighted by Gasteiger charge is 1.98. The summed E-state index contributed by atoms with van der Waals surface area (Å²) in [5.74, 6) is 0.779. The van der Waals surface area contributed by atoms with Crippen LogP contribution >= 0.6 is 0 Å². The largest absolute Gasteiger partial charge is 0.385 e. The number of nitrogens with two attached hydrogens (primary N) is 1. The van der Waals surface area contributed by atoms with E-state index in [1.165, 1.54) is 17.7 Å². The Labute approximate surface area is 61.4 Å². The van der Waals surface area contributed by atoms with Gasteiger partial charge in [-0.1, -0.05) is 13.3 Å². The molecule has 0 aliphatic heterocycles. The van der Waals surface area contributed by atoms with Crippen LogP contribution in [0, 0.1) is 6.92 Å². The quantitative estimate of drug-likeness (QED) is 0.643. The molecular formula is C8H14N2. The number of nitrogen functional groups attached to an aromatic ring is 1. The van der Waals surface area contributed by atoms with Crippen LogP contribution in [-0.2, 0) is 6.42 Å². The van der Waals surface area contributed by atoms with E-state index in [9.17, 15) is 0 Å². The topological polar surface area (TPSA) is 41.8 Å². The number of anilines is 1. The van der Waals surface area contributed by atoms with Crippen molar-refractivity contribution in [2.24, 2.45) is 0 Å². The Morgan fingerprint density at radius 1 is 1.60 bits per heavy atom. The Hall–Kier alpha value is -0.920. The summed E-state index contributed by atoms with van der Waals surface area (Å²) in [5, 5.41) is 0. The molecule has 1 heterocycles. The van der Waals surface area contributed by atoms with Gasteiger partial charge in [-0.3, -0.25) is 0 Å². The van der Waals surface area contributed by atoms with Gasteiger partial charge in [0.1, 0.15) is 5.82 Å². The minimum atomic E-state index is 0.779. The van der Waals surface area contributed by atoms with E-state index in [1.807, 2.05) is 6.07 Å². The molecular weight excluding hydrogens is 124 g/mol. The fourth-order valence-electron chi connectivity index (χ4n) is 1.14. The third kappa shape index (κ3) is 1.32. The van der Waals surface area contributed by atoms with Crippen molar-refractivity contribution in [2.75, 3.05) is 5.73 Å². The minimum absolute atomic E-state index is 0.779. The summed E-state index contributed by atoms with van der Waals surface area (Å²) in [6.45, 7) is 4.24. The first kappa shape index (κ1) is 7.19. The normalized spacial score (nSPS) is 10.2.